The van der Waals surface area contributed by atoms with Crippen molar-refractivity contribution >= 4 is 12.0 Å². The summed E-state index contributed by atoms with van der Waals surface area (Å²) in [6.45, 7) is 7.88. The van der Waals surface area contributed by atoms with Gasteiger partial charge in [-0.15, -0.1) is 0 Å². The average Bonchev–Trinajstić information content (AvgIpc) is 3.23. The molecular formula is C22H31N4+. The highest BCUT2D eigenvalue weighted by Gasteiger charge is 2.24. The van der Waals surface area contributed by atoms with Crippen LogP contribution in [0.15, 0.2) is 60.7 Å². The van der Waals surface area contributed by atoms with Gasteiger partial charge >= 0.3 is 0 Å². The number of likely N-dealkylation sites (N-methyl/N-ethyl adjacent to an activating group) is 2. The van der Waals surface area contributed by atoms with Crippen molar-refractivity contribution in [1.29, 1.82) is 0 Å². The molecule has 1 atom stereocenters. The number of hydrogen-bond acceptors (Lipinski definition) is 3. The fourth-order valence-corrected chi connectivity index (χ4v) is 3.46. The first-order valence-electron chi connectivity index (χ1n) is 9.48. The van der Waals surface area contributed by atoms with Crippen LogP contribution in [0.2, 0.25) is 0 Å². The van der Waals surface area contributed by atoms with Gasteiger partial charge in [0.05, 0.1) is 13.2 Å². The largest absolute Gasteiger partial charge is 0.355 e. The Hall–Kier alpha value is -2.33. The molecule has 4 rings (SSSR count). The second-order valence-electron chi connectivity index (χ2n) is 7.19. The number of anilines is 1. The van der Waals surface area contributed by atoms with Gasteiger partial charge in [-0.05, 0) is 31.7 Å². The van der Waals surface area contributed by atoms with Crippen LogP contribution in [0.25, 0.3) is 0 Å². The van der Waals surface area contributed by atoms with E-state index in [1.807, 2.05) is 0 Å². The molecule has 2 aliphatic heterocycles. The lowest BCUT2D eigenvalue weighted by Gasteiger charge is -2.26. The molecule has 0 aliphatic carbocycles. The van der Waals surface area contributed by atoms with Crippen LogP contribution in [0.5, 0.6) is 0 Å². The van der Waals surface area contributed by atoms with E-state index in [1.165, 1.54) is 11.3 Å². The van der Waals surface area contributed by atoms with E-state index in [0.717, 1.165) is 32.7 Å². The predicted molar refractivity (Wildman–Crippen MR) is 110 cm³/mol. The molecule has 0 amide bonds. The Labute approximate surface area is 158 Å². The zero-order chi connectivity index (χ0) is 18.4. The van der Waals surface area contributed by atoms with Crippen LogP contribution >= 0.6 is 0 Å². The number of hydrogen-bond donors (Lipinski definition) is 0. The number of para-hydroxylation sites is 1. The second-order valence-corrected chi connectivity index (χ2v) is 7.19. The van der Waals surface area contributed by atoms with Gasteiger partial charge in [-0.2, -0.15) is 0 Å². The molecule has 2 aromatic rings. The Morgan fingerprint density at radius 1 is 0.923 bits per heavy atom. The van der Waals surface area contributed by atoms with Crippen molar-refractivity contribution < 1.29 is 4.58 Å². The molecule has 0 bridgehead atoms. The summed E-state index contributed by atoms with van der Waals surface area (Å²) in [5, 5.41) is 0. The maximum absolute atomic E-state index is 2.43. The molecule has 2 aliphatic rings. The van der Waals surface area contributed by atoms with Crippen LogP contribution in [0, 0.1) is 0 Å². The summed E-state index contributed by atoms with van der Waals surface area (Å²) in [7, 11) is 4.29. The van der Waals surface area contributed by atoms with Crippen molar-refractivity contribution in [1.82, 2.24) is 9.80 Å². The number of rotatable bonds is 3. The Bertz CT molecular complexity index is 699. The molecule has 26 heavy (non-hydrogen) atoms. The van der Waals surface area contributed by atoms with Crippen LogP contribution in [0.4, 0.5) is 5.69 Å². The van der Waals surface area contributed by atoms with Gasteiger partial charge in [-0.1, -0.05) is 48.5 Å². The Kier molecular flexibility index (Phi) is 6.29. The molecule has 1 unspecified atom stereocenters. The summed E-state index contributed by atoms with van der Waals surface area (Å²) in [6.07, 6.45) is 2.72. The van der Waals surface area contributed by atoms with Gasteiger partial charge in [0.1, 0.15) is 19.6 Å². The van der Waals surface area contributed by atoms with E-state index in [1.54, 1.807) is 0 Å². The summed E-state index contributed by atoms with van der Waals surface area (Å²) >= 11 is 0. The van der Waals surface area contributed by atoms with Crippen LogP contribution < -0.4 is 4.90 Å². The molecule has 2 aromatic carbocycles. The normalized spacial score (nSPS) is 20.0. The van der Waals surface area contributed by atoms with Gasteiger partial charge in [0.15, 0.2) is 0 Å². The van der Waals surface area contributed by atoms with E-state index >= 15 is 0 Å². The molecule has 138 valence electrons. The Morgan fingerprint density at radius 3 is 2.12 bits per heavy atom. The molecule has 0 spiro atoms. The van der Waals surface area contributed by atoms with Crippen LogP contribution in [0.3, 0.4) is 0 Å². The number of nitrogens with zero attached hydrogens (tertiary/aromatic N) is 4. The number of benzene rings is 2. The van der Waals surface area contributed by atoms with Crippen molar-refractivity contribution in [2.24, 2.45) is 0 Å². The minimum atomic E-state index is 0.530. The van der Waals surface area contributed by atoms with E-state index in [0.29, 0.717) is 6.17 Å². The van der Waals surface area contributed by atoms with Gasteiger partial charge in [-0.25, -0.2) is 0 Å². The van der Waals surface area contributed by atoms with Gasteiger partial charge < -0.3 is 4.90 Å². The van der Waals surface area contributed by atoms with E-state index in [-0.39, 0.29) is 0 Å². The van der Waals surface area contributed by atoms with E-state index in [9.17, 15) is 0 Å². The standard InChI is InChI=1S/C11H16N2.C11H15N2/c1-10-12(2)8-9-13(10)11-6-4-3-5-7-11;1-12-7-8-13(10-12)9-11-5-3-2-4-6-11/h3-7,10H,8-9H2,1-2H3;2-6,10H,7-9H2,1H3/q;+1. The molecule has 0 saturated carbocycles. The lowest BCUT2D eigenvalue weighted by atomic mass is 10.2. The maximum Gasteiger partial charge on any atom is 0.234 e. The second kappa shape index (κ2) is 8.86. The highest BCUT2D eigenvalue weighted by molar-refractivity contribution is 5.50. The summed E-state index contributed by atoms with van der Waals surface area (Å²) in [5.74, 6) is 0. The van der Waals surface area contributed by atoms with Gasteiger partial charge in [0, 0.05) is 18.8 Å². The molecule has 0 radical (unpaired) electrons. The topological polar surface area (TPSA) is 12.7 Å². The smallest absolute Gasteiger partial charge is 0.234 e. The molecular weight excluding hydrogens is 320 g/mol. The fourth-order valence-electron chi connectivity index (χ4n) is 3.46. The first-order chi connectivity index (χ1) is 12.6. The van der Waals surface area contributed by atoms with Gasteiger partial charge in [0.25, 0.3) is 0 Å². The fraction of sp³-hybridized carbons (Fsp3) is 0.409. The molecule has 0 N–H and O–H groups in total. The van der Waals surface area contributed by atoms with E-state index in [4.69, 9.17) is 0 Å². The minimum absolute atomic E-state index is 0.530. The highest BCUT2D eigenvalue weighted by atomic mass is 15.4. The van der Waals surface area contributed by atoms with Crippen LogP contribution in [-0.4, -0.2) is 67.2 Å². The quantitative estimate of drug-likeness (QED) is 0.789. The van der Waals surface area contributed by atoms with Crippen molar-refractivity contribution in [3.8, 4) is 0 Å². The molecule has 4 heteroatoms. The zero-order valence-electron chi connectivity index (χ0n) is 16.3. The lowest BCUT2D eigenvalue weighted by Crippen LogP contribution is -2.33. The Balaban J connectivity index is 0.000000151. The molecule has 2 heterocycles. The van der Waals surface area contributed by atoms with E-state index < -0.39 is 0 Å². The maximum atomic E-state index is 2.43. The van der Waals surface area contributed by atoms with Crippen molar-refractivity contribution in [3.05, 3.63) is 66.2 Å². The van der Waals surface area contributed by atoms with Gasteiger partial charge in [-0.3, -0.25) is 14.4 Å². The van der Waals surface area contributed by atoms with Crippen LogP contribution in [-0.2, 0) is 6.54 Å². The first kappa shape index (κ1) is 18.5. The monoisotopic (exact) mass is 351 g/mol. The zero-order valence-corrected chi connectivity index (χ0v) is 16.3. The average molecular weight is 352 g/mol. The van der Waals surface area contributed by atoms with Gasteiger partial charge in [0.2, 0.25) is 6.34 Å². The van der Waals surface area contributed by atoms with Crippen LogP contribution in [0.1, 0.15) is 12.5 Å². The predicted octanol–water partition coefficient (Wildman–Crippen LogP) is 2.96. The molecule has 0 aromatic heterocycles. The molecule has 4 nitrogen and oxygen atoms in total. The minimum Gasteiger partial charge on any atom is -0.355 e. The third-order valence-corrected chi connectivity index (χ3v) is 5.20. The van der Waals surface area contributed by atoms with Crippen molar-refractivity contribution in [2.75, 3.05) is 45.2 Å². The summed E-state index contributed by atoms with van der Waals surface area (Å²) in [5.41, 5.74) is 2.72. The third kappa shape index (κ3) is 4.85. The third-order valence-electron chi connectivity index (χ3n) is 5.20. The molecule has 1 fully saturated rings. The summed E-state index contributed by atoms with van der Waals surface area (Å²) in [6, 6.07) is 21.2. The first-order valence-corrected chi connectivity index (χ1v) is 9.48. The SMILES string of the molecule is CC1N(C)CCN1c1ccccc1.C[N+]1=CN(Cc2ccccc2)CC1. The Morgan fingerprint density at radius 2 is 1.58 bits per heavy atom. The van der Waals surface area contributed by atoms with E-state index in [2.05, 4.69) is 107 Å². The van der Waals surface area contributed by atoms with Crippen molar-refractivity contribution in [3.63, 3.8) is 0 Å². The summed E-state index contributed by atoms with van der Waals surface area (Å²) in [4.78, 5) is 7.14. The highest BCUT2D eigenvalue weighted by Crippen LogP contribution is 2.21. The van der Waals surface area contributed by atoms with Crippen molar-refractivity contribution in [2.45, 2.75) is 19.6 Å². The summed E-state index contributed by atoms with van der Waals surface area (Å²) < 4.78 is 2.23. The lowest BCUT2D eigenvalue weighted by molar-refractivity contribution is -0.482. The molecule has 1 saturated heterocycles.